The number of amides is 2. The van der Waals surface area contributed by atoms with Gasteiger partial charge in [0.05, 0.1) is 5.92 Å². The van der Waals surface area contributed by atoms with E-state index in [9.17, 15) is 14.4 Å². The molecule has 0 aromatic heterocycles. The highest BCUT2D eigenvalue weighted by molar-refractivity contribution is 6.00. The van der Waals surface area contributed by atoms with E-state index in [1.165, 1.54) is 5.56 Å². The lowest BCUT2D eigenvalue weighted by molar-refractivity contribution is -0.151. The van der Waals surface area contributed by atoms with Crippen molar-refractivity contribution in [2.45, 2.75) is 46.5 Å². The third kappa shape index (κ3) is 6.79. The molecule has 7 nitrogen and oxygen atoms in total. The lowest BCUT2D eigenvalue weighted by atomic mass is 9.87. The number of rotatable bonds is 7. The number of carbonyl (C=O) groups excluding carboxylic acids is 3. The van der Waals surface area contributed by atoms with Crippen LogP contribution in [0.1, 0.15) is 43.9 Å². The smallest absolute Gasteiger partial charge is 0.311 e. The lowest BCUT2D eigenvalue weighted by Crippen LogP contribution is -2.28. The van der Waals surface area contributed by atoms with Gasteiger partial charge in [0.25, 0.3) is 5.91 Å². The van der Waals surface area contributed by atoms with Gasteiger partial charge in [-0.25, -0.2) is 0 Å². The molecule has 1 atom stereocenters. The number of nitrogens with zero attached hydrogens (tertiary/aromatic N) is 1. The van der Waals surface area contributed by atoms with Crippen molar-refractivity contribution in [3.05, 3.63) is 83.4 Å². The van der Waals surface area contributed by atoms with E-state index in [-0.39, 0.29) is 24.3 Å². The average molecular weight is 515 g/mol. The van der Waals surface area contributed by atoms with Gasteiger partial charge >= 0.3 is 5.97 Å². The predicted octanol–water partition coefficient (Wildman–Crippen LogP) is 5.93. The van der Waals surface area contributed by atoms with Gasteiger partial charge in [-0.1, -0.05) is 39.0 Å². The number of esters is 1. The van der Waals surface area contributed by atoms with Gasteiger partial charge in [-0.2, -0.15) is 0 Å². The quantitative estimate of drug-likeness (QED) is 0.395. The first-order chi connectivity index (χ1) is 18.0. The monoisotopic (exact) mass is 514 g/mol. The van der Waals surface area contributed by atoms with Gasteiger partial charge in [-0.15, -0.1) is 0 Å². The van der Waals surface area contributed by atoms with E-state index in [4.69, 9.17) is 9.47 Å². The van der Waals surface area contributed by atoms with Gasteiger partial charge < -0.3 is 19.7 Å². The van der Waals surface area contributed by atoms with Crippen molar-refractivity contribution in [2.24, 2.45) is 5.92 Å². The van der Waals surface area contributed by atoms with Crippen LogP contribution in [0.4, 0.5) is 11.4 Å². The molecule has 1 aliphatic rings. The third-order valence-electron chi connectivity index (χ3n) is 6.41. The molecule has 3 aromatic carbocycles. The summed E-state index contributed by atoms with van der Waals surface area (Å²) in [5.41, 5.74) is 4.67. The molecule has 1 saturated heterocycles. The molecular formula is C31H34N2O5. The molecule has 0 unspecified atom stereocenters. The molecule has 0 aliphatic carbocycles. The Balaban J connectivity index is 1.29. The normalized spacial score (nSPS) is 15.3. The van der Waals surface area contributed by atoms with E-state index in [0.717, 1.165) is 16.9 Å². The Bertz CT molecular complexity index is 1300. The SMILES string of the molecule is Cc1cc(C)cc(NC(=O)COC(=O)[C@@H]2CC(=O)N(c3ccc(Oc4ccc(C(C)(C)C)cc4)cc3)C2)c1. The molecule has 0 bridgehead atoms. The Labute approximate surface area is 223 Å². The van der Waals surface area contributed by atoms with Crippen molar-refractivity contribution in [2.75, 3.05) is 23.4 Å². The number of hydrogen-bond donors (Lipinski definition) is 1. The first kappa shape index (κ1) is 26.9. The minimum atomic E-state index is -0.631. The Morgan fingerprint density at radius 1 is 0.921 bits per heavy atom. The van der Waals surface area contributed by atoms with Crippen molar-refractivity contribution in [3.63, 3.8) is 0 Å². The summed E-state index contributed by atoms with van der Waals surface area (Å²) in [5.74, 6) is -0.405. The molecule has 38 heavy (non-hydrogen) atoms. The fourth-order valence-corrected chi connectivity index (χ4v) is 4.47. The minimum Gasteiger partial charge on any atom is -0.457 e. The average Bonchev–Trinajstić information content (AvgIpc) is 3.24. The van der Waals surface area contributed by atoms with Gasteiger partial charge in [0.1, 0.15) is 11.5 Å². The Kier molecular flexibility index (Phi) is 7.86. The molecule has 7 heteroatoms. The molecule has 0 radical (unpaired) electrons. The molecule has 3 aromatic rings. The summed E-state index contributed by atoms with van der Waals surface area (Å²) >= 11 is 0. The Morgan fingerprint density at radius 3 is 2.08 bits per heavy atom. The maximum atomic E-state index is 12.6. The number of carbonyl (C=O) groups is 3. The van der Waals surface area contributed by atoms with E-state index < -0.39 is 24.4 Å². The number of ether oxygens (including phenoxy) is 2. The largest absolute Gasteiger partial charge is 0.457 e. The van der Waals surface area contributed by atoms with E-state index in [1.54, 1.807) is 29.2 Å². The Morgan fingerprint density at radius 2 is 1.50 bits per heavy atom. The molecule has 1 fully saturated rings. The highest BCUT2D eigenvalue weighted by Gasteiger charge is 2.36. The maximum absolute atomic E-state index is 12.6. The van der Waals surface area contributed by atoms with Crippen LogP contribution in [0.3, 0.4) is 0 Å². The molecule has 0 saturated carbocycles. The number of nitrogens with one attached hydrogen (secondary N) is 1. The summed E-state index contributed by atoms with van der Waals surface area (Å²) in [6, 6.07) is 20.9. The summed E-state index contributed by atoms with van der Waals surface area (Å²) in [7, 11) is 0. The molecule has 1 N–H and O–H groups in total. The minimum absolute atomic E-state index is 0.0376. The number of benzene rings is 3. The van der Waals surface area contributed by atoms with E-state index in [0.29, 0.717) is 17.1 Å². The van der Waals surface area contributed by atoms with Crippen LogP contribution >= 0.6 is 0 Å². The summed E-state index contributed by atoms with van der Waals surface area (Å²) in [5, 5.41) is 2.74. The molecule has 4 rings (SSSR count). The molecule has 0 spiro atoms. The van der Waals surface area contributed by atoms with Crippen LogP contribution in [-0.2, 0) is 24.5 Å². The summed E-state index contributed by atoms with van der Waals surface area (Å²) in [6.45, 7) is 10.2. The van der Waals surface area contributed by atoms with E-state index >= 15 is 0 Å². The number of anilines is 2. The van der Waals surface area contributed by atoms with Crippen molar-refractivity contribution >= 4 is 29.2 Å². The van der Waals surface area contributed by atoms with E-state index in [2.05, 4.69) is 38.2 Å². The van der Waals surface area contributed by atoms with Crippen molar-refractivity contribution in [3.8, 4) is 11.5 Å². The van der Waals surface area contributed by atoms with Crippen LogP contribution in [0.2, 0.25) is 0 Å². The summed E-state index contributed by atoms with van der Waals surface area (Å²) in [6.07, 6.45) is 0.0376. The highest BCUT2D eigenvalue weighted by atomic mass is 16.5. The van der Waals surface area contributed by atoms with Crippen LogP contribution in [0.25, 0.3) is 0 Å². The zero-order valence-corrected chi connectivity index (χ0v) is 22.5. The second-order valence-corrected chi connectivity index (χ2v) is 10.8. The first-order valence-electron chi connectivity index (χ1n) is 12.7. The Hall–Kier alpha value is -4.13. The maximum Gasteiger partial charge on any atom is 0.311 e. The van der Waals surface area contributed by atoms with Crippen LogP contribution in [0, 0.1) is 19.8 Å². The topological polar surface area (TPSA) is 84.9 Å². The van der Waals surface area contributed by atoms with Gasteiger partial charge in [-0.3, -0.25) is 14.4 Å². The zero-order chi connectivity index (χ0) is 27.4. The second kappa shape index (κ2) is 11.1. The van der Waals surface area contributed by atoms with Crippen LogP contribution < -0.4 is 15.0 Å². The van der Waals surface area contributed by atoms with Gasteiger partial charge in [0, 0.05) is 24.3 Å². The summed E-state index contributed by atoms with van der Waals surface area (Å²) < 4.78 is 11.2. The van der Waals surface area contributed by atoms with Gasteiger partial charge in [0.15, 0.2) is 6.61 Å². The number of hydrogen-bond acceptors (Lipinski definition) is 5. The number of aryl methyl sites for hydroxylation is 2. The van der Waals surface area contributed by atoms with Crippen molar-refractivity contribution < 1.29 is 23.9 Å². The highest BCUT2D eigenvalue weighted by Crippen LogP contribution is 2.30. The van der Waals surface area contributed by atoms with Crippen molar-refractivity contribution in [1.82, 2.24) is 0 Å². The molecule has 198 valence electrons. The van der Waals surface area contributed by atoms with Gasteiger partial charge in [-0.05, 0) is 84.5 Å². The standard InChI is InChI=1S/C31H34N2O5/c1-20-14-21(2)16-24(15-20)32-28(34)19-37-30(36)22-17-29(35)33(18-22)25-8-12-27(13-9-25)38-26-10-6-23(7-11-26)31(3,4)5/h6-16,22H,17-19H2,1-5H3,(H,32,34)/t22-/m1/s1. The van der Waals surface area contributed by atoms with Crippen LogP contribution in [0.5, 0.6) is 11.5 Å². The second-order valence-electron chi connectivity index (χ2n) is 10.8. The molecule has 1 aliphatic heterocycles. The third-order valence-corrected chi connectivity index (χ3v) is 6.41. The summed E-state index contributed by atoms with van der Waals surface area (Å²) in [4.78, 5) is 39.0. The molecule has 2 amide bonds. The molecular weight excluding hydrogens is 480 g/mol. The van der Waals surface area contributed by atoms with Crippen LogP contribution in [-0.4, -0.2) is 30.9 Å². The van der Waals surface area contributed by atoms with E-state index in [1.807, 2.05) is 44.2 Å². The fourth-order valence-electron chi connectivity index (χ4n) is 4.47. The lowest BCUT2D eigenvalue weighted by Gasteiger charge is -2.19. The fraction of sp³-hybridized carbons (Fsp3) is 0.323. The van der Waals surface area contributed by atoms with Crippen molar-refractivity contribution in [1.29, 1.82) is 0 Å². The predicted molar refractivity (Wildman–Crippen MR) is 148 cm³/mol. The zero-order valence-electron chi connectivity index (χ0n) is 22.5. The van der Waals surface area contributed by atoms with Gasteiger partial charge in [0.2, 0.25) is 5.91 Å². The molecule has 1 heterocycles. The van der Waals surface area contributed by atoms with Crippen LogP contribution in [0.15, 0.2) is 66.7 Å². The first-order valence-corrected chi connectivity index (χ1v) is 12.7.